The van der Waals surface area contributed by atoms with Crippen LogP contribution < -0.4 is 5.32 Å². The molecular formula is C31H32F3N3O2. The first-order valence-corrected chi connectivity index (χ1v) is 13.4. The number of rotatable bonds is 9. The van der Waals surface area contributed by atoms with Crippen molar-refractivity contribution in [3.8, 4) is 11.1 Å². The zero-order valence-corrected chi connectivity index (χ0v) is 21.7. The number of hydrogen-bond donors (Lipinski definition) is 1. The fourth-order valence-electron chi connectivity index (χ4n) is 5.74. The molecule has 1 saturated heterocycles. The van der Waals surface area contributed by atoms with Crippen LogP contribution in [0.4, 0.5) is 13.2 Å². The molecule has 2 aliphatic rings. The van der Waals surface area contributed by atoms with Crippen molar-refractivity contribution in [3.05, 3.63) is 95.6 Å². The third-order valence-corrected chi connectivity index (χ3v) is 7.56. The summed E-state index contributed by atoms with van der Waals surface area (Å²) in [5.74, 6) is -1.33. The molecule has 0 bridgehead atoms. The summed E-state index contributed by atoms with van der Waals surface area (Å²) in [6.45, 7) is 1.02. The third-order valence-electron chi connectivity index (χ3n) is 7.56. The maximum atomic E-state index is 13.6. The number of fused-ring (bicyclic) bond motifs is 3. The van der Waals surface area contributed by atoms with Gasteiger partial charge in [-0.15, -0.1) is 0 Å². The van der Waals surface area contributed by atoms with E-state index in [1.807, 2.05) is 66.7 Å². The van der Waals surface area contributed by atoms with Gasteiger partial charge in [0.1, 0.15) is 6.54 Å². The number of amides is 2. The van der Waals surface area contributed by atoms with E-state index < -0.39 is 24.5 Å². The maximum absolute atomic E-state index is 13.6. The molecule has 0 saturated carbocycles. The fourth-order valence-corrected chi connectivity index (χ4v) is 5.74. The lowest BCUT2D eigenvalue weighted by molar-refractivity contribution is -0.161. The van der Waals surface area contributed by atoms with Crippen LogP contribution in [0, 0.1) is 0 Å². The largest absolute Gasteiger partial charge is 0.406 e. The van der Waals surface area contributed by atoms with Crippen LogP contribution in [0.5, 0.6) is 0 Å². The maximum Gasteiger partial charge on any atom is 0.406 e. The van der Waals surface area contributed by atoms with Crippen molar-refractivity contribution in [1.29, 1.82) is 0 Å². The number of alkyl halides is 3. The zero-order valence-electron chi connectivity index (χ0n) is 21.7. The lowest BCUT2D eigenvalue weighted by Gasteiger charge is -2.28. The number of unbranched alkanes of at least 4 members (excludes halogenated alkanes) is 1. The predicted octanol–water partition coefficient (Wildman–Crippen LogP) is 5.47. The second kappa shape index (κ2) is 11.6. The first kappa shape index (κ1) is 26.9. The monoisotopic (exact) mass is 535 g/mol. The summed E-state index contributed by atoms with van der Waals surface area (Å²) >= 11 is 0. The Bertz CT molecular complexity index is 1270. The summed E-state index contributed by atoms with van der Waals surface area (Å²) in [7, 11) is 0. The van der Waals surface area contributed by atoms with Crippen LogP contribution in [0.25, 0.3) is 11.1 Å². The van der Waals surface area contributed by atoms with Gasteiger partial charge in [-0.1, -0.05) is 66.7 Å². The van der Waals surface area contributed by atoms with Gasteiger partial charge in [-0.3, -0.25) is 9.59 Å². The molecule has 1 aliphatic heterocycles. The highest BCUT2D eigenvalue weighted by Crippen LogP contribution is 2.45. The van der Waals surface area contributed by atoms with Gasteiger partial charge in [-0.25, -0.2) is 0 Å². The van der Waals surface area contributed by atoms with Crippen LogP contribution >= 0.6 is 0 Å². The van der Waals surface area contributed by atoms with Crippen LogP contribution in [-0.2, 0) is 4.79 Å². The Balaban J connectivity index is 1.17. The number of nitrogens with one attached hydrogen (secondary N) is 1. The van der Waals surface area contributed by atoms with E-state index >= 15 is 0 Å². The van der Waals surface area contributed by atoms with Gasteiger partial charge in [0.05, 0.1) is 5.92 Å². The number of carbonyl (C=O) groups excluding carboxylic acids is 2. The Morgan fingerprint density at radius 2 is 1.49 bits per heavy atom. The van der Waals surface area contributed by atoms with E-state index in [9.17, 15) is 22.8 Å². The standard InChI is InChI=1S/C31H32F3N3O2/c32-31(33,34)21-37(30(39)28-26-14-6-4-12-24(26)25-13-5-7-15-27(25)28)18-9-8-17-36-19-16-23(20-36)35-29(38)22-10-2-1-3-11-22/h1-7,10-15,23,28H,8-9,16-21H2,(H,35,38). The number of hydrogen-bond acceptors (Lipinski definition) is 3. The van der Waals surface area contributed by atoms with E-state index in [1.54, 1.807) is 12.1 Å². The van der Waals surface area contributed by atoms with E-state index in [1.165, 1.54) is 0 Å². The molecule has 3 aromatic carbocycles. The van der Waals surface area contributed by atoms with Crippen LogP contribution in [0.2, 0.25) is 0 Å². The topological polar surface area (TPSA) is 52.7 Å². The normalized spacial score (nSPS) is 17.1. The first-order valence-electron chi connectivity index (χ1n) is 13.4. The van der Waals surface area contributed by atoms with Crippen LogP contribution in [0.3, 0.4) is 0 Å². The molecule has 2 amide bonds. The SMILES string of the molecule is O=C(NC1CCN(CCCCN(CC(F)(F)F)C(=O)C2c3ccccc3-c3ccccc32)C1)c1ccccc1. The highest BCUT2D eigenvalue weighted by atomic mass is 19.4. The summed E-state index contributed by atoms with van der Waals surface area (Å²) in [5.41, 5.74) is 3.95. The molecule has 5 nitrogen and oxygen atoms in total. The molecule has 39 heavy (non-hydrogen) atoms. The minimum Gasteiger partial charge on any atom is -0.348 e. The highest BCUT2D eigenvalue weighted by molar-refractivity contribution is 5.96. The molecule has 204 valence electrons. The number of halogens is 3. The van der Waals surface area contributed by atoms with Crippen molar-refractivity contribution in [2.45, 2.75) is 37.4 Å². The Labute approximate surface area is 226 Å². The zero-order chi connectivity index (χ0) is 27.4. The third kappa shape index (κ3) is 6.33. The summed E-state index contributed by atoms with van der Waals surface area (Å²) in [6.07, 6.45) is -2.52. The van der Waals surface area contributed by atoms with Crippen molar-refractivity contribution >= 4 is 11.8 Å². The van der Waals surface area contributed by atoms with Crippen LogP contribution in [0.15, 0.2) is 78.9 Å². The molecule has 1 atom stereocenters. The number of likely N-dealkylation sites (tertiary alicyclic amines) is 1. The Kier molecular flexibility index (Phi) is 8.02. The summed E-state index contributed by atoms with van der Waals surface area (Å²) in [4.78, 5) is 29.3. The quantitative estimate of drug-likeness (QED) is 0.370. The molecule has 0 spiro atoms. The van der Waals surface area contributed by atoms with Gasteiger partial charge in [-0.05, 0) is 60.2 Å². The Morgan fingerprint density at radius 1 is 0.872 bits per heavy atom. The molecule has 0 radical (unpaired) electrons. The van der Waals surface area contributed by atoms with Crippen molar-refractivity contribution in [2.75, 3.05) is 32.7 Å². The van der Waals surface area contributed by atoms with E-state index in [0.29, 0.717) is 31.5 Å². The van der Waals surface area contributed by atoms with Gasteiger partial charge in [-0.2, -0.15) is 13.2 Å². The average molecular weight is 536 g/mol. The molecule has 3 aromatic rings. The molecule has 8 heteroatoms. The minimum atomic E-state index is -4.48. The summed E-state index contributed by atoms with van der Waals surface area (Å²) < 4.78 is 40.6. The fraction of sp³-hybridized carbons (Fsp3) is 0.355. The summed E-state index contributed by atoms with van der Waals surface area (Å²) in [6, 6.07) is 24.0. The van der Waals surface area contributed by atoms with E-state index in [2.05, 4.69) is 10.2 Å². The van der Waals surface area contributed by atoms with E-state index in [-0.39, 0.29) is 18.5 Å². The molecule has 1 unspecified atom stereocenters. The number of benzene rings is 3. The van der Waals surface area contributed by atoms with Gasteiger partial charge >= 0.3 is 6.18 Å². The van der Waals surface area contributed by atoms with Crippen molar-refractivity contribution in [3.63, 3.8) is 0 Å². The second-order valence-electron chi connectivity index (χ2n) is 10.3. The smallest absolute Gasteiger partial charge is 0.348 e. The van der Waals surface area contributed by atoms with E-state index in [4.69, 9.17) is 0 Å². The molecule has 1 fully saturated rings. The van der Waals surface area contributed by atoms with Gasteiger partial charge in [0.25, 0.3) is 5.91 Å². The molecule has 1 heterocycles. The van der Waals surface area contributed by atoms with Gasteiger partial charge < -0.3 is 15.1 Å². The Morgan fingerprint density at radius 3 is 2.13 bits per heavy atom. The van der Waals surface area contributed by atoms with Crippen LogP contribution in [0.1, 0.15) is 46.7 Å². The van der Waals surface area contributed by atoms with E-state index in [0.717, 1.165) is 40.1 Å². The van der Waals surface area contributed by atoms with Gasteiger partial charge in [0.2, 0.25) is 5.91 Å². The molecule has 0 aromatic heterocycles. The number of nitrogens with zero attached hydrogens (tertiary/aromatic N) is 2. The van der Waals surface area contributed by atoms with Gasteiger partial charge in [0, 0.05) is 31.2 Å². The van der Waals surface area contributed by atoms with Crippen molar-refractivity contribution in [1.82, 2.24) is 15.1 Å². The van der Waals surface area contributed by atoms with Gasteiger partial charge in [0.15, 0.2) is 0 Å². The molecule has 1 N–H and O–H groups in total. The molecular weight excluding hydrogens is 503 g/mol. The lowest BCUT2D eigenvalue weighted by Crippen LogP contribution is -2.42. The predicted molar refractivity (Wildman–Crippen MR) is 144 cm³/mol. The summed E-state index contributed by atoms with van der Waals surface area (Å²) in [5, 5.41) is 3.06. The lowest BCUT2D eigenvalue weighted by atomic mass is 9.95. The Hall–Kier alpha value is -3.65. The average Bonchev–Trinajstić information content (AvgIpc) is 3.52. The van der Waals surface area contributed by atoms with Crippen LogP contribution in [-0.4, -0.2) is 66.6 Å². The van der Waals surface area contributed by atoms with Crippen molar-refractivity contribution < 1.29 is 22.8 Å². The van der Waals surface area contributed by atoms with Crippen molar-refractivity contribution in [2.24, 2.45) is 0 Å². The first-order chi connectivity index (χ1) is 18.8. The second-order valence-corrected chi connectivity index (χ2v) is 10.3. The number of carbonyl (C=O) groups is 2. The molecule has 1 aliphatic carbocycles. The molecule has 5 rings (SSSR count). The highest BCUT2D eigenvalue weighted by Gasteiger charge is 2.40. The minimum absolute atomic E-state index is 0.0428.